The molecule has 24 heavy (non-hydrogen) atoms. The van der Waals surface area contributed by atoms with Gasteiger partial charge in [0, 0.05) is 38.8 Å². The second-order valence-electron chi connectivity index (χ2n) is 6.03. The fourth-order valence-electron chi connectivity index (χ4n) is 2.61. The molecule has 1 aromatic heterocycles. The number of hydrogen-bond acceptors (Lipinski definition) is 6. The molecule has 1 amide bonds. The monoisotopic (exact) mass is 335 g/mol. The van der Waals surface area contributed by atoms with E-state index in [0.717, 1.165) is 51.6 Å². The largest absolute Gasteiger partial charge is 0.379 e. The molecule has 0 aliphatic carbocycles. The third-order valence-corrected chi connectivity index (χ3v) is 3.97. The van der Waals surface area contributed by atoms with Crippen LogP contribution in [0, 0.1) is 6.92 Å². The molecule has 0 saturated carbocycles. The first-order chi connectivity index (χ1) is 11.7. The van der Waals surface area contributed by atoms with Gasteiger partial charge >= 0.3 is 0 Å². The van der Waals surface area contributed by atoms with Crippen LogP contribution >= 0.6 is 0 Å². The maximum absolute atomic E-state index is 12.3. The standard InChI is InChI=1S/C17H29N5O2/c1-3-4-5-6-18-16-13-15(20-14(2)21-16)17(23)19-7-8-22-9-11-24-12-10-22/h13H,3-12H2,1-2H3,(H,19,23)(H,18,20,21). The molecule has 1 fully saturated rings. The second kappa shape index (κ2) is 10.2. The molecule has 2 heterocycles. The molecule has 7 nitrogen and oxygen atoms in total. The van der Waals surface area contributed by atoms with Crippen molar-refractivity contribution in [3.8, 4) is 0 Å². The van der Waals surface area contributed by atoms with Crippen LogP contribution < -0.4 is 10.6 Å². The summed E-state index contributed by atoms with van der Waals surface area (Å²) in [5, 5.41) is 6.21. The fourth-order valence-corrected chi connectivity index (χ4v) is 2.61. The van der Waals surface area contributed by atoms with Gasteiger partial charge in [0.2, 0.25) is 0 Å². The molecular weight excluding hydrogens is 306 g/mol. The Balaban J connectivity index is 1.80. The van der Waals surface area contributed by atoms with Gasteiger partial charge in [-0.1, -0.05) is 19.8 Å². The number of hydrogen-bond donors (Lipinski definition) is 2. The quantitative estimate of drug-likeness (QED) is 0.665. The van der Waals surface area contributed by atoms with Gasteiger partial charge in [0.05, 0.1) is 13.2 Å². The zero-order valence-electron chi connectivity index (χ0n) is 14.8. The zero-order chi connectivity index (χ0) is 17.2. The van der Waals surface area contributed by atoms with E-state index in [4.69, 9.17) is 4.74 Å². The number of nitrogens with zero attached hydrogens (tertiary/aromatic N) is 3. The van der Waals surface area contributed by atoms with Gasteiger partial charge in [-0.15, -0.1) is 0 Å². The average molecular weight is 335 g/mol. The van der Waals surface area contributed by atoms with Crippen LogP contribution in [0.4, 0.5) is 5.82 Å². The van der Waals surface area contributed by atoms with E-state index >= 15 is 0 Å². The number of anilines is 1. The molecular formula is C17H29N5O2. The molecule has 1 aliphatic rings. The van der Waals surface area contributed by atoms with Crippen molar-refractivity contribution in [2.24, 2.45) is 0 Å². The van der Waals surface area contributed by atoms with E-state index in [-0.39, 0.29) is 5.91 Å². The van der Waals surface area contributed by atoms with E-state index < -0.39 is 0 Å². The number of unbranched alkanes of at least 4 members (excludes halogenated alkanes) is 2. The van der Waals surface area contributed by atoms with Crippen molar-refractivity contribution < 1.29 is 9.53 Å². The Morgan fingerprint density at radius 1 is 1.25 bits per heavy atom. The van der Waals surface area contributed by atoms with Crippen LogP contribution in [-0.2, 0) is 4.74 Å². The molecule has 2 rings (SSSR count). The molecule has 2 N–H and O–H groups in total. The van der Waals surface area contributed by atoms with E-state index in [0.29, 0.717) is 18.1 Å². The summed E-state index contributed by atoms with van der Waals surface area (Å²) >= 11 is 0. The molecule has 1 saturated heterocycles. The highest BCUT2D eigenvalue weighted by Gasteiger charge is 2.13. The Morgan fingerprint density at radius 2 is 2.04 bits per heavy atom. The van der Waals surface area contributed by atoms with Crippen molar-refractivity contribution in [1.29, 1.82) is 0 Å². The van der Waals surface area contributed by atoms with Gasteiger partial charge < -0.3 is 15.4 Å². The van der Waals surface area contributed by atoms with Crippen LogP contribution in [0.15, 0.2) is 6.07 Å². The summed E-state index contributed by atoms with van der Waals surface area (Å²) in [6.07, 6.45) is 3.47. The maximum Gasteiger partial charge on any atom is 0.270 e. The molecule has 1 aliphatic heterocycles. The Labute approximate surface area is 144 Å². The number of ether oxygens (including phenoxy) is 1. The maximum atomic E-state index is 12.3. The van der Waals surface area contributed by atoms with Crippen LogP contribution in [0.1, 0.15) is 42.5 Å². The van der Waals surface area contributed by atoms with Crippen molar-refractivity contribution >= 4 is 11.7 Å². The lowest BCUT2D eigenvalue weighted by Gasteiger charge is -2.26. The smallest absolute Gasteiger partial charge is 0.270 e. The highest BCUT2D eigenvalue weighted by molar-refractivity contribution is 5.92. The van der Waals surface area contributed by atoms with E-state index in [1.807, 2.05) is 6.92 Å². The van der Waals surface area contributed by atoms with Crippen LogP contribution in [0.3, 0.4) is 0 Å². The van der Waals surface area contributed by atoms with Gasteiger partial charge in [0.15, 0.2) is 0 Å². The highest BCUT2D eigenvalue weighted by Crippen LogP contribution is 2.07. The van der Waals surface area contributed by atoms with Gasteiger partial charge in [-0.3, -0.25) is 9.69 Å². The zero-order valence-corrected chi connectivity index (χ0v) is 14.8. The van der Waals surface area contributed by atoms with Crippen LogP contribution in [0.5, 0.6) is 0 Å². The Bertz CT molecular complexity index is 518. The van der Waals surface area contributed by atoms with Gasteiger partial charge in [-0.2, -0.15) is 0 Å². The number of carbonyl (C=O) groups excluding carboxylic acids is 1. The van der Waals surface area contributed by atoms with E-state index in [9.17, 15) is 4.79 Å². The molecule has 0 radical (unpaired) electrons. The van der Waals surface area contributed by atoms with Crippen LogP contribution in [0.2, 0.25) is 0 Å². The summed E-state index contributed by atoms with van der Waals surface area (Å²) < 4.78 is 5.32. The highest BCUT2D eigenvalue weighted by atomic mass is 16.5. The minimum Gasteiger partial charge on any atom is -0.379 e. The first kappa shape index (κ1) is 18.6. The average Bonchev–Trinajstić information content (AvgIpc) is 2.59. The van der Waals surface area contributed by atoms with Gasteiger partial charge in [-0.25, -0.2) is 9.97 Å². The lowest BCUT2D eigenvalue weighted by molar-refractivity contribution is 0.0383. The number of amides is 1. The summed E-state index contributed by atoms with van der Waals surface area (Å²) in [5.41, 5.74) is 0.419. The lowest BCUT2D eigenvalue weighted by atomic mass is 10.2. The minimum absolute atomic E-state index is 0.148. The number of nitrogens with one attached hydrogen (secondary N) is 2. The SMILES string of the molecule is CCCCCNc1cc(C(=O)NCCN2CCOCC2)nc(C)n1. The Hall–Kier alpha value is -1.73. The molecule has 1 aromatic rings. The van der Waals surface area contributed by atoms with Gasteiger partial charge in [0.25, 0.3) is 5.91 Å². The normalized spacial score (nSPS) is 15.2. The van der Waals surface area contributed by atoms with Crippen molar-refractivity contribution in [1.82, 2.24) is 20.2 Å². The van der Waals surface area contributed by atoms with Crippen molar-refractivity contribution in [3.05, 3.63) is 17.6 Å². The molecule has 7 heteroatoms. The molecule has 0 spiro atoms. The summed E-state index contributed by atoms with van der Waals surface area (Å²) in [7, 11) is 0. The predicted molar refractivity (Wildman–Crippen MR) is 94.4 cm³/mol. The van der Waals surface area contributed by atoms with E-state index in [1.54, 1.807) is 6.07 Å². The fraction of sp³-hybridized carbons (Fsp3) is 0.706. The van der Waals surface area contributed by atoms with Crippen molar-refractivity contribution in [2.75, 3.05) is 51.3 Å². The topological polar surface area (TPSA) is 79.4 Å². The van der Waals surface area contributed by atoms with Gasteiger partial charge in [0.1, 0.15) is 17.3 Å². The number of aromatic nitrogens is 2. The summed E-state index contributed by atoms with van der Waals surface area (Å²) in [4.78, 5) is 23.2. The third-order valence-electron chi connectivity index (χ3n) is 3.97. The second-order valence-corrected chi connectivity index (χ2v) is 6.03. The first-order valence-corrected chi connectivity index (χ1v) is 8.87. The van der Waals surface area contributed by atoms with Crippen molar-refractivity contribution in [2.45, 2.75) is 33.1 Å². The number of carbonyl (C=O) groups is 1. The molecule has 0 atom stereocenters. The van der Waals surface area contributed by atoms with Crippen LogP contribution in [-0.4, -0.2) is 66.7 Å². The Morgan fingerprint density at radius 3 is 2.79 bits per heavy atom. The summed E-state index contributed by atoms with van der Waals surface area (Å²) in [5.74, 6) is 1.18. The molecule has 0 aromatic carbocycles. The first-order valence-electron chi connectivity index (χ1n) is 8.87. The summed E-state index contributed by atoms with van der Waals surface area (Å²) in [6, 6.07) is 1.73. The molecule has 0 unspecified atom stereocenters. The Kier molecular flexibility index (Phi) is 7.91. The third kappa shape index (κ3) is 6.41. The van der Waals surface area contributed by atoms with E-state index in [1.165, 1.54) is 12.8 Å². The summed E-state index contributed by atoms with van der Waals surface area (Å²) in [6.45, 7) is 9.68. The van der Waals surface area contributed by atoms with Crippen LogP contribution in [0.25, 0.3) is 0 Å². The number of rotatable bonds is 9. The number of morpholine rings is 1. The van der Waals surface area contributed by atoms with E-state index in [2.05, 4.69) is 32.4 Å². The van der Waals surface area contributed by atoms with Crippen molar-refractivity contribution in [3.63, 3.8) is 0 Å². The molecule has 0 bridgehead atoms. The number of aryl methyl sites for hydroxylation is 1. The minimum atomic E-state index is -0.148. The lowest BCUT2D eigenvalue weighted by Crippen LogP contribution is -2.41. The predicted octanol–water partition coefficient (Wildman–Crippen LogP) is 1.45. The van der Waals surface area contributed by atoms with Gasteiger partial charge in [-0.05, 0) is 13.3 Å². The molecule has 134 valence electrons.